The Morgan fingerprint density at radius 1 is 1.50 bits per heavy atom. The number of aromatic nitrogens is 4. The molecule has 3 rings (SSSR count). The first-order valence-corrected chi connectivity index (χ1v) is 6.09. The Morgan fingerprint density at radius 3 is 3.17 bits per heavy atom. The van der Waals surface area contributed by atoms with E-state index in [1.54, 1.807) is 6.07 Å². The van der Waals surface area contributed by atoms with Gasteiger partial charge in [0.25, 0.3) is 5.91 Å². The predicted octanol–water partition coefficient (Wildman–Crippen LogP) is 1.25. The Bertz CT molecular complexity index is 571. The SMILES string of the molecule is Cc1cc(C(=O)N[C@H]2CCCc3cn[nH]c32)n[nH]1. The van der Waals surface area contributed by atoms with Gasteiger partial charge in [0.2, 0.25) is 0 Å². The molecule has 0 saturated heterocycles. The van der Waals surface area contributed by atoms with Crippen LogP contribution in [0.2, 0.25) is 0 Å². The van der Waals surface area contributed by atoms with Gasteiger partial charge in [0.15, 0.2) is 0 Å². The van der Waals surface area contributed by atoms with Crippen molar-refractivity contribution in [3.8, 4) is 0 Å². The molecule has 1 atom stereocenters. The summed E-state index contributed by atoms with van der Waals surface area (Å²) in [5, 5.41) is 16.7. The first kappa shape index (κ1) is 11.0. The minimum atomic E-state index is -0.146. The van der Waals surface area contributed by atoms with Gasteiger partial charge in [-0.15, -0.1) is 0 Å². The Balaban J connectivity index is 1.77. The van der Waals surface area contributed by atoms with Gasteiger partial charge in [0, 0.05) is 5.69 Å². The molecule has 2 heterocycles. The maximum atomic E-state index is 12.0. The van der Waals surface area contributed by atoms with Crippen LogP contribution in [0.3, 0.4) is 0 Å². The topological polar surface area (TPSA) is 86.5 Å². The molecule has 0 saturated carbocycles. The molecule has 0 fully saturated rings. The number of carbonyl (C=O) groups excluding carboxylic acids is 1. The molecule has 0 aromatic carbocycles. The third-order valence-corrected chi connectivity index (χ3v) is 3.28. The van der Waals surface area contributed by atoms with Crippen molar-refractivity contribution in [3.05, 3.63) is 34.9 Å². The molecule has 2 aromatic heterocycles. The number of nitrogens with one attached hydrogen (secondary N) is 3. The highest BCUT2D eigenvalue weighted by Crippen LogP contribution is 2.27. The van der Waals surface area contributed by atoms with Crippen molar-refractivity contribution in [2.24, 2.45) is 0 Å². The zero-order chi connectivity index (χ0) is 12.5. The summed E-state index contributed by atoms with van der Waals surface area (Å²) in [6.45, 7) is 1.87. The first-order chi connectivity index (χ1) is 8.74. The summed E-state index contributed by atoms with van der Waals surface area (Å²) in [6.07, 6.45) is 4.87. The summed E-state index contributed by atoms with van der Waals surface area (Å²) in [6, 6.07) is 1.76. The molecule has 1 aliphatic rings. The number of aromatic amines is 2. The third kappa shape index (κ3) is 1.90. The van der Waals surface area contributed by atoms with Gasteiger partial charge in [-0.1, -0.05) is 0 Å². The van der Waals surface area contributed by atoms with Gasteiger partial charge in [-0.3, -0.25) is 15.0 Å². The summed E-state index contributed by atoms with van der Waals surface area (Å²) in [5.74, 6) is -0.146. The van der Waals surface area contributed by atoms with Crippen LogP contribution in [0.1, 0.15) is 46.3 Å². The van der Waals surface area contributed by atoms with Crippen LogP contribution in [-0.2, 0) is 6.42 Å². The van der Waals surface area contributed by atoms with Crippen LogP contribution in [0.15, 0.2) is 12.3 Å². The zero-order valence-electron chi connectivity index (χ0n) is 10.2. The van der Waals surface area contributed by atoms with Crippen LogP contribution in [0, 0.1) is 6.92 Å². The van der Waals surface area contributed by atoms with Crippen LogP contribution in [-0.4, -0.2) is 26.3 Å². The quantitative estimate of drug-likeness (QED) is 0.744. The summed E-state index contributed by atoms with van der Waals surface area (Å²) in [5.41, 5.74) is 3.54. The van der Waals surface area contributed by atoms with E-state index in [4.69, 9.17) is 0 Å². The van der Waals surface area contributed by atoms with E-state index in [0.717, 1.165) is 30.7 Å². The molecule has 0 unspecified atom stereocenters. The molecule has 2 aromatic rings. The van der Waals surface area contributed by atoms with Gasteiger partial charge in [-0.25, -0.2) is 0 Å². The minimum Gasteiger partial charge on any atom is -0.342 e. The molecule has 0 radical (unpaired) electrons. The second kappa shape index (κ2) is 4.29. The largest absolute Gasteiger partial charge is 0.342 e. The Hall–Kier alpha value is -2.11. The first-order valence-electron chi connectivity index (χ1n) is 6.09. The lowest BCUT2D eigenvalue weighted by atomic mass is 9.93. The zero-order valence-corrected chi connectivity index (χ0v) is 10.2. The molecular formula is C12H15N5O. The lowest BCUT2D eigenvalue weighted by Crippen LogP contribution is -2.31. The maximum absolute atomic E-state index is 12.0. The lowest BCUT2D eigenvalue weighted by Gasteiger charge is -2.22. The molecule has 1 amide bonds. The monoisotopic (exact) mass is 245 g/mol. The van der Waals surface area contributed by atoms with Gasteiger partial charge >= 0.3 is 0 Å². The van der Waals surface area contributed by atoms with Crippen LogP contribution in [0.4, 0.5) is 0 Å². The highest BCUT2D eigenvalue weighted by molar-refractivity contribution is 5.92. The molecule has 94 valence electrons. The standard InChI is InChI=1S/C12H15N5O/c1-7-5-10(16-15-7)12(18)14-9-4-2-3-8-6-13-17-11(8)9/h5-6,9H,2-4H2,1H3,(H,13,17)(H,14,18)(H,15,16)/t9-/m0/s1. The van der Waals surface area contributed by atoms with Crippen LogP contribution < -0.4 is 5.32 Å². The molecule has 0 aliphatic heterocycles. The smallest absolute Gasteiger partial charge is 0.272 e. The van der Waals surface area contributed by atoms with Crippen LogP contribution >= 0.6 is 0 Å². The number of H-pyrrole nitrogens is 2. The molecule has 0 bridgehead atoms. The van der Waals surface area contributed by atoms with Crippen LogP contribution in [0.25, 0.3) is 0 Å². The van der Waals surface area contributed by atoms with Crippen molar-refractivity contribution in [1.29, 1.82) is 0 Å². The van der Waals surface area contributed by atoms with Gasteiger partial charge in [-0.05, 0) is 37.8 Å². The van der Waals surface area contributed by atoms with Crippen molar-refractivity contribution in [2.75, 3.05) is 0 Å². The average Bonchev–Trinajstić information content (AvgIpc) is 2.97. The molecular weight excluding hydrogens is 230 g/mol. The van der Waals surface area contributed by atoms with E-state index in [9.17, 15) is 4.79 Å². The van der Waals surface area contributed by atoms with E-state index in [0.29, 0.717) is 5.69 Å². The number of aryl methyl sites for hydroxylation is 2. The van der Waals surface area contributed by atoms with E-state index >= 15 is 0 Å². The number of amides is 1. The molecule has 0 spiro atoms. The second-order valence-corrected chi connectivity index (χ2v) is 4.66. The summed E-state index contributed by atoms with van der Waals surface area (Å²) in [7, 11) is 0. The van der Waals surface area contributed by atoms with Crippen molar-refractivity contribution >= 4 is 5.91 Å². The lowest BCUT2D eigenvalue weighted by molar-refractivity contribution is 0.0926. The number of rotatable bonds is 2. The number of hydrogen-bond acceptors (Lipinski definition) is 3. The van der Waals surface area contributed by atoms with E-state index in [-0.39, 0.29) is 11.9 Å². The van der Waals surface area contributed by atoms with E-state index in [2.05, 4.69) is 25.7 Å². The van der Waals surface area contributed by atoms with Crippen molar-refractivity contribution in [2.45, 2.75) is 32.2 Å². The van der Waals surface area contributed by atoms with E-state index in [1.165, 1.54) is 5.56 Å². The third-order valence-electron chi connectivity index (χ3n) is 3.28. The van der Waals surface area contributed by atoms with Gasteiger partial charge < -0.3 is 5.32 Å². The maximum Gasteiger partial charge on any atom is 0.272 e. The highest BCUT2D eigenvalue weighted by Gasteiger charge is 2.24. The normalized spacial score (nSPS) is 18.4. The number of fused-ring (bicyclic) bond motifs is 1. The minimum absolute atomic E-state index is 0.0146. The highest BCUT2D eigenvalue weighted by atomic mass is 16.2. The summed E-state index contributed by atoms with van der Waals surface area (Å²) >= 11 is 0. The fourth-order valence-corrected chi connectivity index (χ4v) is 2.37. The predicted molar refractivity (Wildman–Crippen MR) is 65.1 cm³/mol. The molecule has 18 heavy (non-hydrogen) atoms. The summed E-state index contributed by atoms with van der Waals surface area (Å²) < 4.78 is 0. The van der Waals surface area contributed by atoms with Gasteiger partial charge in [0.1, 0.15) is 5.69 Å². The average molecular weight is 245 g/mol. The number of hydrogen-bond donors (Lipinski definition) is 3. The molecule has 6 heteroatoms. The Labute approximate surface area is 104 Å². The van der Waals surface area contributed by atoms with Crippen LogP contribution in [0.5, 0.6) is 0 Å². The fourth-order valence-electron chi connectivity index (χ4n) is 2.37. The van der Waals surface area contributed by atoms with Gasteiger partial charge in [0.05, 0.1) is 17.9 Å². The van der Waals surface area contributed by atoms with Crippen molar-refractivity contribution < 1.29 is 4.79 Å². The van der Waals surface area contributed by atoms with E-state index in [1.807, 2.05) is 13.1 Å². The number of nitrogens with zero attached hydrogens (tertiary/aromatic N) is 2. The summed E-state index contributed by atoms with van der Waals surface area (Å²) in [4.78, 5) is 12.0. The molecule has 1 aliphatic carbocycles. The van der Waals surface area contributed by atoms with Gasteiger partial charge in [-0.2, -0.15) is 10.2 Å². The fraction of sp³-hybridized carbons (Fsp3) is 0.417. The Morgan fingerprint density at radius 2 is 2.39 bits per heavy atom. The number of carbonyl (C=O) groups is 1. The Kier molecular flexibility index (Phi) is 2.62. The second-order valence-electron chi connectivity index (χ2n) is 4.66. The van der Waals surface area contributed by atoms with Crippen molar-refractivity contribution in [3.63, 3.8) is 0 Å². The van der Waals surface area contributed by atoms with Crippen molar-refractivity contribution in [1.82, 2.24) is 25.7 Å². The molecule has 6 nitrogen and oxygen atoms in total. The molecule has 3 N–H and O–H groups in total. The van der Waals surface area contributed by atoms with E-state index < -0.39 is 0 Å².